The Kier molecular flexibility index (Phi) is 5.77. The molecule has 0 radical (unpaired) electrons. The zero-order chi connectivity index (χ0) is 19.3. The monoisotopic (exact) mass is 389 g/mol. The van der Waals surface area contributed by atoms with Crippen molar-refractivity contribution in [2.75, 3.05) is 39.3 Å². The first kappa shape index (κ1) is 19.8. The molecule has 0 amide bonds. The quantitative estimate of drug-likeness (QED) is 0.783. The minimum Gasteiger partial charge on any atom is -0.396 e. The van der Waals surface area contributed by atoms with E-state index in [2.05, 4.69) is 28.5 Å². The molecule has 0 aromatic rings. The molecule has 2 aliphatic heterocycles. The summed E-state index contributed by atoms with van der Waals surface area (Å²) in [5.41, 5.74) is 0. The van der Waals surface area contributed by atoms with Gasteiger partial charge in [0.1, 0.15) is 0 Å². The Morgan fingerprint density at radius 3 is 2.07 bits per heavy atom. The highest BCUT2D eigenvalue weighted by molar-refractivity contribution is 5.04. The molecule has 0 unspecified atom stereocenters. The molecule has 4 heteroatoms. The summed E-state index contributed by atoms with van der Waals surface area (Å²) in [4.78, 5) is 8.37. The molecule has 160 valence electrons. The number of aliphatic hydroxyl groups excluding tert-OH is 1. The van der Waals surface area contributed by atoms with Gasteiger partial charge < -0.3 is 10.0 Å². The Morgan fingerprint density at radius 2 is 1.50 bits per heavy atom. The second-order valence-corrected chi connectivity index (χ2v) is 11.2. The molecule has 1 atom stereocenters. The number of rotatable bonds is 5. The first-order chi connectivity index (χ1) is 13.6. The van der Waals surface area contributed by atoms with Crippen molar-refractivity contribution < 1.29 is 5.11 Å². The lowest BCUT2D eigenvalue weighted by atomic mass is 9.53. The highest BCUT2D eigenvalue weighted by Crippen LogP contribution is 2.55. The summed E-state index contributed by atoms with van der Waals surface area (Å²) in [5.74, 6) is 4.12. The molecule has 4 saturated carbocycles. The van der Waals surface area contributed by atoms with Gasteiger partial charge in [0.25, 0.3) is 0 Å². The molecule has 4 bridgehead atoms. The normalized spacial score (nSPS) is 43.3. The van der Waals surface area contributed by atoms with Crippen LogP contribution in [0.15, 0.2) is 0 Å². The number of aliphatic hydroxyl groups is 1. The van der Waals surface area contributed by atoms with Gasteiger partial charge in [-0.05, 0) is 102 Å². The van der Waals surface area contributed by atoms with E-state index in [1.165, 1.54) is 71.2 Å². The maximum atomic E-state index is 9.79. The SMILES string of the molecule is CC(C)N1CCC(N2CCN(C3C4CC5CC(C4)CC3C5)C[C@H]2CCO)CC1. The highest BCUT2D eigenvalue weighted by atomic mass is 16.3. The van der Waals surface area contributed by atoms with E-state index >= 15 is 0 Å². The van der Waals surface area contributed by atoms with Crippen LogP contribution in [0.1, 0.15) is 65.2 Å². The van der Waals surface area contributed by atoms with Crippen molar-refractivity contribution in [2.45, 2.75) is 89.4 Å². The van der Waals surface area contributed by atoms with E-state index in [-0.39, 0.29) is 0 Å². The molecule has 1 N–H and O–H groups in total. The van der Waals surface area contributed by atoms with Crippen LogP contribution in [-0.2, 0) is 0 Å². The second-order valence-electron chi connectivity index (χ2n) is 11.2. The smallest absolute Gasteiger partial charge is 0.0446 e. The van der Waals surface area contributed by atoms with E-state index in [0.29, 0.717) is 18.7 Å². The van der Waals surface area contributed by atoms with Gasteiger partial charge >= 0.3 is 0 Å². The van der Waals surface area contributed by atoms with Crippen molar-refractivity contribution in [3.05, 3.63) is 0 Å². The summed E-state index contributed by atoms with van der Waals surface area (Å²) in [7, 11) is 0. The van der Waals surface area contributed by atoms with E-state index in [1.54, 1.807) is 6.42 Å². The van der Waals surface area contributed by atoms with Crippen LogP contribution in [0.5, 0.6) is 0 Å². The lowest BCUT2D eigenvalue weighted by molar-refractivity contribution is -0.0941. The zero-order valence-corrected chi connectivity index (χ0v) is 18.3. The van der Waals surface area contributed by atoms with Crippen LogP contribution < -0.4 is 0 Å². The lowest BCUT2D eigenvalue weighted by Crippen LogP contribution is -2.64. The third-order valence-corrected chi connectivity index (χ3v) is 9.32. The molecule has 6 rings (SSSR count). The van der Waals surface area contributed by atoms with Crippen molar-refractivity contribution in [1.29, 1.82) is 0 Å². The minimum absolute atomic E-state index is 0.349. The summed E-state index contributed by atoms with van der Waals surface area (Å²) >= 11 is 0. The van der Waals surface area contributed by atoms with Gasteiger partial charge in [-0.15, -0.1) is 0 Å². The Balaban J connectivity index is 1.23. The van der Waals surface area contributed by atoms with Gasteiger partial charge in [0.15, 0.2) is 0 Å². The molecule has 28 heavy (non-hydrogen) atoms. The molecule has 0 aromatic heterocycles. The van der Waals surface area contributed by atoms with Crippen molar-refractivity contribution >= 4 is 0 Å². The predicted octanol–water partition coefficient (Wildman–Crippen LogP) is 3.05. The number of likely N-dealkylation sites (tertiary alicyclic amines) is 1. The Bertz CT molecular complexity index is 502. The Labute approximate surface area is 172 Å². The molecular formula is C24H43N3O. The van der Waals surface area contributed by atoms with Crippen molar-refractivity contribution in [3.63, 3.8) is 0 Å². The first-order valence-corrected chi connectivity index (χ1v) is 12.5. The van der Waals surface area contributed by atoms with Crippen LogP contribution in [-0.4, -0.2) is 83.3 Å². The number of piperidine rings is 1. The van der Waals surface area contributed by atoms with Gasteiger partial charge in [-0.1, -0.05) is 0 Å². The maximum absolute atomic E-state index is 9.79. The first-order valence-electron chi connectivity index (χ1n) is 12.5. The van der Waals surface area contributed by atoms with Crippen molar-refractivity contribution in [2.24, 2.45) is 23.7 Å². The van der Waals surface area contributed by atoms with E-state index in [9.17, 15) is 5.11 Å². The molecule has 2 saturated heterocycles. The predicted molar refractivity (Wildman–Crippen MR) is 114 cm³/mol. The summed E-state index contributed by atoms with van der Waals surface area (Å²) < 4.78 is 0. The molecule has 0 aromatic carbocycles. The Hall–Kier alpha value is -0.160. The minimum atomic E-state index is 0.349. The molecule has 6 aliphatic rings. The van der Waals surface area contributed by atoms with Gasteiger partial charge in [0.05, 0.1) is 0 Å². The van der Waals surface area contributed by atoms with Crippen molar-refractivity contribution in [1.82, 2.24) is 14.7 Å². The van der Waals surface area contributed by atoms with E-state index in [4.69, 9.17) is 0 Å². The summed E-state index contributed by atoms with van der Waals surface area (Å²) in [6.45, 7) is 11.3. The molecular weight excluding hydrogens is 346 g/mol. The zero-order valence-electron chi connectivity index (χ0n) is 18.3. The third kappa shape index (κ3) is 3.68. The molecule has 4 aliphatic carbocycles. The maximum Gasteiger partial charge on any atom is 0.0446 e. The summed E-state index contributed by atoms with van der Waals surface area (Å²) in [6.07, 6.45) is 11.2. The topological polar surface area (TPSA) is 30.0 Å². The lowest BCUT2D eigenvalue weighted by Gasteiger charge is -2.59. The van der Waals surface area contributed by atoms with E-state index < -0.39 is 0 Å². The Morgan fingerprint density at radius 1 is 0.857 bits per heavy atom. The summed E-state index contributed by atoms with van der Waals surface area (Å²) in [6, 6.07) is 2.88. The van der Waals surface area contributed by atoms with Gasteiger partial charge in [-0.3, -0.25) is 9.80 Å². The van der Waals surface area contributed by atoms with Gasteiger partial charge in [0, 0.05) is 50.4 Å². The van der Waals surface area contributed by atoms with Crippen LogP contribution in [0.3, 0.4) is 0 Å². The third-order valence-electron chi connectivity index (χ3n) is 9.32. The molecule has 4 nitrogen and oxygen atoms in total. The number of hydrogen-bond donors (Lipinski definition) is 1. The molecule has 0 spiro atoms. The van der Waals surface area contributed by atoms with Crippen LogP contribution in [0, 0.1) is 23.7 Å². The van der Waals surface area contributed by atoms with Gasteiger partial charge in [-0.25, -0.2) is 0 Å². The second kappa shape index (κ2) is 8.17. The summed E-state index contributed by atoms with van der Waals surface area (Å²) in [5, 5.41) is 9.79. The average Bonchev–Trinajstić information content (AvgIpc) is 2.68. The fraction of sp³-hybridized carbons (Fsp3) is 1.00. The largest absolute Gasteiger partial charge is 0.396 e. The number of piperazine rings is 1. The number of nitrogens with zero attached hydrogens (tertiary/aromatic N) is 3. The van der Waals surface area contributed by atoms with Crippen LogP contribution in [0.2, 0.25) is 0 Å². The van der Waals surface area contributed by atoms with Crippen LogP contribution >= 0.6 is 0 Å². The highest BCUT2D eigenvalue weighted by Gasteiger charge is 2.51. The average molecular weight is 390 g/mol. The molecule has 6 fully saturated rings. The van der Waals surface area contributed by atoms with Crippen molar-refractivity contribution in [3.8, 4) is 0 Å². The van der Waals surface area contributed by atoms with Crippen LogP contribution in [0.4, 0.5) is 0 Å². The standard InChI is InChI=1S/C24H43N3O/c1-17(2)25-6-3-22(4-7-25)27-9-8-26(16-23(27)5-10-28)24-20-12-18-11-19(14-20)15-21(24)13-18/h17-24,28H,3-16H2,1-2H3/t18?,19?,20?,21?,23-,24?/m1/s1. The number of hydrogen-bond acceptors (Lipinski definition) is 4. The molecule has 2 heterocycles. The fourth-order valence-corrected chi connectivity index (χ4v) is 8.28. The van der Waals surface area contributed by atoms with Gasteiger partial charge in [0.2, 0.25) is 0 Å². The van der Waals surface area contributed by atoms with Crippen LogP contribution in [0.25, 0.3) is 0 Å². The van der Waals surface area contributed by atoms with E-state index in [0.717, 1.165) is 42.2 Å². The van der Waals surface area contributed by atoms with E-state index in [1.807, 2.05) is 0 Å². The fourth-order valence-electron chi connectivity index (χ4n) is 8.28. The van der Waals surface area contributed by atoms with Gasteiger partial charge in [-0.2, -0.15) is 0 Å².